The number of nitrogens with zero attached hydrogens (tertiary/aromatic N) is 2. The van der Waals surface area contributed by atoms with Crippen LogP contribution in [0.25, 0.3) is 6.08 Å². The van der Waals surface area contributed by atoms with E-state index in [9.17, 15) is 9.59 Å². The van der Waals surface area contributed by atoms with Gasteiger partial charge in [0.15, 0.2) is 0 Å². The molecule has 3 aliphatic rings. The second-order valence-electron chi connectivity index (χ2n) is 6.95. The van der Waals surface area contributed by atoms with Gasteiger partial charge >= 0.3 is 0 Å². The Kier molecular flexibility index (Phi) is 4.72. The number of rotatable bonds is 3. The lowest BCUT2D eigenvalue weighted by Crippen LogP contribution is -2.50. The van der Waals surface area contributed by atoms with Gasteiger partial charge in [0.1, 0.15) is 12.4 Å². The van der Waals surface area contributed by atoms with Gasteiger partial charge in [-0.1, -0.05) is 17.7 Å². The van der Waals surface area contributed by atoms with Gasteiger partial charge in [0.2, 0.25) is 11.8 Å². The van der Waals surface area contributed by atoms with E-state index in [0.717, 1.165) is 29.7 Å². The van der Waals surface area contributed by atoms with Gasteiger partial charge in [0, 0.05) is 48.8 Å². The molecule has 0 radical (unpaired) electrons. The molecule has 6 heteroatoms. The minimum atomic E-state index is -0.0266. The minimum Gasteiger partial charge on any atom is -0.488 e. The van der Waals surface area contributed by atoms with Gasteiger partial charge < -0.3 is 14.5 Å². The largest absolute Gasteiger partial charge is 0.488 e. The highest BCUT2D eigenvalue weighted by atomic mass is 35.5. The van der Waals surface area contributed by atoms with E-state index in [1.165, 1.54) is 0 Å². The van der Waals surface area contributed by atoms with Crippen molar-refractivity contribution in [3.63, 3.8) is 0 Å². The van der Waals surface area contributed by atoms with Crippen LogP contribution in [0.15, 0.2) is 35.9 Å². The second-order valence-corrected chi connectivity index (χ2v) is 7.38. The van der Waals surface area contributed by atoms with Crippen LogP contribution in [0.3, 0.4) is 0 Å². The van der Waals surface area contributed by atoms with Crippen LogP contribution in [0, 0.1) is 5.92 Å². The van der Waals surface area contributed by atoms with E-state index in [2.05, 4.69) is 0 Å². The molecule has 2 heterocycles. The number of halogens is 1. The number of fused-ring (bicyclic) bond motifs is 1. The SMILES string of the molecule is O=C(/C=C/C1=Cc2cc(Cl)ccc2OC1)N1CCN(C(=O)C2CC2)CC1. The van der Waals surface area contributed by atoms with Crippen molar-refractivity contribution >= 4 is 29.5 Å². The molecule has 1 aromatic carbocycles. The van der Waals surface area contributed by atoms with Gasteiger partial charge in [-0.05, 0) is 42.7 Å². The predicted molar refractivity (Wildman–Crippen MR) is 99.9 cm³/mol. The van der Waals surface area contributed by atoms with Crippen LogP contribution in [0.5, 0.6) is 5.75 Å². The summed E-state index contributed by atoms with van der Waals surface area (Å²) in [7, 11) is 0. The number of hydrogen-bond donors (Lipinski definition) is 0. The van der Waals surface area contributed by atoms with Gasteiger partial charge in [-0.3, -0.25) is 9.59 Å². The standard InChI is InChI=1S/C20H21ClN2O3/c21-17-4-5-18-16(12-17)11-14(13-26-18)1-6-19(24)22-7-9-23(10-8-22)20(25)15-2-3-15/h1,4-6,11-12,15H,2-3,7-10,13H2/b6-1+. The van der Waals surface area contributed by atoms with Gasteiger partial charge in [-0.25, -0.2) is 0 Å². The number of ether oxygens (including phenoxy) is 1. The number of hydrogen-bond acceptors (Lipinski definition) is 3. The first-order chi connectivity index (χ1) is 12.6. The maximum absolute atomic E-state index is 12.4. The van der Waals surface area contributed by atoms with Crippen LogP contribution in [0.2, 0.25) is 5.02 Å². The third kappa shape index (κ3) is 3.78. The minimum absolute atomic E-state index is 0.0266. The van der Waals surface area contributed by atoms with E-state index < -0.39 is 0 Å². The molecule has 1 saturated carbocycles. The zero-order chi connectivity index (χ0) is 18.1. The van der Waals surface area contributed by atoms with Crippen molar-refractivity contribution in [2.24, 2.45) is 5.92 Å². The Balaban J connectivity index is 1.34. The zero-order valence-corrected chi connectivity index (χ0v) is 15.2. The van der Waals surface area contributed by atoms with Gasteiger partial charge in [-0.2, -0.15) is 0 Å². The van der Waals surface area contributed by atoms with Crippen molar-refractivity contribution in [3.8, 4) is 5.75 Å². The molecule has 0 atom stereocenters. The van der Waals surface area contributed by atoms with Crippen molar-refractivity contribution in [3.05, 3.63) is 46.5 Å². The third-order valence-corrected chi connectivity index (χ3v) is 5.21. The summed E-state index contributed by atoms with van der Waals surface area (Å²) in [5, 5.41) is 0.656. The predicted octanol–water partition coefficient (Wildman–Crippen LogP) is 2.75. The Hall–Kier alpha value is -2.27. The molecule has 5 nitrogen and oxygen atoms in total. The van der Waals surface area contributed by atoms with E-state index in [4.69, 9.17) is 16.3 Å². The molecule has 0 bridgehead atoms. The molecule has 0 aromatic heterocycles. The fourth-order valence-corrected chi connectivity index (χ4v) is 3.46. The van der Waals surface area contributed by atoms with Crippen LogP contribution in [0.1, 0.15) is 18.4 Å². The number of piperazine rings is 1. The summed E-state index contributed by atoms with van der Waals surface area (Å²) < 4.78 is 5.69. The van der Waals surface area contributed by atoms with Crippen LogP contribution in [-0.2, 0) is 9.59 Å². The molecule has 0 N–H and O–H groups in total. The molecule has 1 aliphatic carbocycles. The molecule has 0 spiro atoms. The third-order valence-electron chi connectivity index (χ3n) is 4.98. The molecular formula is C20H21ClN2O3. The Morgan fingerprint density at radius 1 is 1.12 bits per heavy atom. The van der Waals surface area contributed by atoms with Crippen LogP contribution < -0.4 is 4.74 Å². The summed E-state index contributed by atoms with van der Waals surface area (Å²) in [5.74, 6) is 1.27. The van der Waals surface area contributed by atoms with Gasteiger partial charge in [0.25, 0.3) is 0 Å². The van der Waals surface area contributed by atoms with E-state index in [-0.39, 0.29) is 17.7 Å². The highest BCUT2D eigenvalue weighted by Gasteiger charge is 2.34. The van der Waals surface area contributed by atoms with Crippen molar-refractivity contribution < 1.29 is 14.3 Å². The molecule has 1 aromatic rings. The van der Waals surface area contributed by atoms with Gasteiger partial charge in [0.05, 0.1) is 0 Å². The number of benzene rings is 1. The monoisotopic (exact) mass is 372 g/mol. The molecule has 1 saturated heterocycles. The molecule has 2 amide bonds. The maximum Gasteiger partial charge on any atom is 0.246 e. The van der Waals surface area contributed by atoms with Crippen LogP contribution in [-0.4, -0.2) is 54.4 Å². The Morgan fingerprint density at radius 2 is 1.85 bits per heavy atom. The zero-order valence-electron chi connectivity index (χ0n) is 14.5. The first-order valence-corrected chi connectivity index (χ1v) is 9.36. The van der Waals surface area contributed by atoms with Crippen LogP contribution in [0.4, 0.5) is 0 Å². The summed E-state index contributed by atoms with van der Waals surface area (Å²) >= 11 is 6.02. The average molecular weight is 373 g/mol. The van der Waals surface area contributed by atoms with E-state index in [0.29, 0.717) is 37.8 Å². The topological polar surface area (TPSA) is 49.9 Å². The Bertz CT molecular complexity index is 790. The van der Waals surface area contributed by atoms with Crippen LogP contribution >= 0.6 is 11.6 Å². The fraction of sp³-hybridized carbons (Fsp3) is 0.400. The van der Waals surface area contributed by atoms with Gasteiger partial charge in [-0.15, -0.1) is 0 Å². The maximum atomic E-state index is 12.4. The summed E-state index contributed by atoms with van der Waals surface area (Å²) in [6, 6.07) is 5.50. The summed E-state index contributed by atoms with van der Waals surface area (Å²) in [6.07, 6.45) is 7.41. The lowest BCUT2D eigenvalue weighted by molar-refractivity contribution is -0.138. The molecule has 4 rings (SSSR count). The smallest absolute Gasteiger partial charge is 0.246 e. The summed E-state index contributed by atoms with van der Waals surface area (Å²) in [6.45, 7) is 2.88. The highest BCUT2D eigenvalue weighted by molar-refractivity contribution is 6.30. The molecule has 2 aliphatic heterocycles. The van der Waals surface area contributed by atoms with E-state index >= 15 is 0 Å². The summed E-state index contributed by atoms with van der Waals surface area (Å²) in [5.41, 5.74) is 1.85. The molecule has 0 unspecified atom stereocenters. The average Bonchev–Trinajstić information content (AvgIpc) is 3.50. The Labute approximate surface area is 157 Å². The number of carbonyl (C=O) groups is 2. The van der Waals surface area contributed by atoms with Crippen molar-refractivity contribution in [1.29, 1.82) is 0 Å². The lowest BCUT2D eigenvalue weighted by atomic mass is 10.1. The second kappa shape index (κ2) is 7.16. The summed E-state index contributed by atoms with van der Waals surface area (Å²) in [4.78, 5) is 28.2. The van der Waals surface area contributed by atoms with E-state index in [1.807, 2.05) is 23.1 Å². The Morgan fingerprint density at radius 3 is 2.58 bits per heavy atom. The van der Waals surface area contributed by atoms with Crippen molar-refractivity contribution in [2.45, 2.75) is 12.8 Å². The van der Waals surface area contributed by atoms with Crippen molar-refractivity contribution in [2.75, 3.05) is 32.8 Å². The molecule has 136 valence electrons. The lowest BCUT2D eigenvalue weighted by Gasteiger charge is -2.34. The van der Waals surface area contributed by atoms with Crippen molar-refractivity contribution in [1.82, 2.24) is 9.80 Å². The quantitative estimate of drug-likeness (QED) is 0.766. The number of carbonyl (C=O) groups excluding carboxylic acids is 2. The normalized spacial score (nSPS) is 19.8. The van der Waals surface area contributed by atoms with E-state index in [1.54, 1.807) is 23.1 Å². The molecule has 2 fully saturated rings. The first kappa shape index (κ1) is 17.2. The first-order valence-electron chi connectivity index (χ1n) is 8.99. The highest BCUT2D eigenvalue weighted by Crippen LogP contribution is 2.31. The molecule has 26 heavy (non-hydrogen) atoms. The number of amides is 2. The molecular weight excluding hydrogens is 352 g/mol. The fourth-order valence-electron chi connectivity index (χ4n) is 3.28.